The number of anilines is 1. The van der Waals surface area contributed by atoms with Gasteiger partial charge in [0, 0.05) is 37.9 Å². The van der Waals surface area contributed by atoms with Crippen LogP contribution in [0, 0.1) is 5.92 Å². The minimum absolute atomic E-state index is 0.250. The van der Waals surface area contributed by atoms with Crippen molar-refractivity contribution in [3.8, 4) is 0 Å². The molecule has 0 bridgehead atoms. The molecule has 0 aromatic carbocycles. The Balaban J connectivity index is 1.52. The Labute approximate surface area is 136 Å². The Bertz CT molecular complexity index is 617. The molecule has 1 saturated carbocycles. The van der Waals surface area contributed by atoms with Gasteiger partial charge in [0.15, 0.2) is 0 Å². The number of ether oxygens (including phenoxy) is 1. The van der Waals surface area contributed by atoms with E-state index in [4.69, 9.17) is 4.74 Å². The molecule has 5 heteroatoms. The molecule has 2 aromatic rings. The maximum absolute atomic E-state index is 6.25. The summed E-state index contributed by atoms with van der Waals surface area (Å²) in [6.07, 6.45) is 12.2. The van der Waals surface area contributed by atoms with E-state index in [2.05, 4.69) is 25.9 Å². The second kappa shape index (κ2) is 6.62. The predicted octanol–water partition coefficient (Wildman–Crippen LogP) is 2.49. The molecule has 2 aliphatic rings. The van der Waals surface area contributed by atoms with Crippen LogP contribution in [-0.2, 0) is 11.2 Å². The highest BCUT2D eigenvalue weighted by Crippen LogP contribution is 2.32. The molecule has 0 spiro atoms. The molecule has 1 saturated heterocycles. The molecule has 2 fully saturated rings. The van der Waals surface area contributed by atoms with Crippen LogP contribution >= 0.6 is 0 Å². The number of rotatable bonds is 6. The molecule has 5 nitrogen and oxygen atoms in total. The van der Waals surface area contributed by atoms with Gasteiger partial charge in [0.05, 0.1) is 12.1 Å². The second-order valence-corrected chi connectivity index (χ2v) is 6.48. The average Bonchev–Trinajstić information content (AvgIpc) is 3.36. The fraction of sp³-hybridized carbons (Fsp3) is 0.500. The number of pyridine rings is 1. The van der Waals surface area contributed by atoms with Gasteiger partial charge in [-0.05, 0) is 49.3 Å². The highest BCUT2D eigenvalue weighted by molar-refractivity contribution is 5.35. The third kappa shape index (κ3) is 3.50. The molecule has 0 radical (unpaired) electrons. The van der Waals surface area contributed by atoms with E-state index in [0.29, 0.717) is 0 Å². The van der Waals surface area contributed by atoms with Crippen molar-refractivity contribution in [2.24, 2.45) is 5.92 Å². The molecule has 3 heterocycles. The minimum Gasteiger partial charge on any atom is -0.376 e. The summed E-state index contributed by atoms with van der Waals surface area (Å²) in [7, 11) is 0. The summed E-state index contributed by atoms with van der Waals surface area (Å²) in [6, 6.07) is 6.26. The zero-order valence-electron chi connectivity index (χ0n) is 13.2. The molecule has 0 unspecified atom stereocenters. The largest absolute Gasteiger partial charge is 0.376 e. The first-order valence-corrected chi connectivity index (χ1v) is 8.44. The number of hydrogen-bond acceptors (Lipinski definition) is 5. The van der Waals surface area contributed by atoms with Crippen molar-refractivity contribution in [3.05, 3.63) is 48.5 Å². The van der Waals surface area contributed by atoms with E-state index in [1.165, 1.54) is 18.4 Å². The molecule has 1 aliphatic carbocycles. The summed E-state index contributed by atoms with van der Waals surface area (Å²) >= 11 is 0. The van der Waals surface area contributed by atoms with E-state index in [-0.39, 0.29) is 12.1 Å². The number of hydrogen-bond donors (Lipinski definition) is 0. The van der Waals surface area contributed by atoms with E-state index in [9.17, 15) is 0 Å². The Morgan fingerprint density at radius 1 is 1.09 bits per heavy atom. The maximum atomic E-state index is 6.25. The summed E-state index contributed by atoms with van der Waals surface area (Å²) in [5, 5.41) is 0. The van der Waals surface area contributed by atoms with Crippen molar-refractivity contribution in [3.63, 3.8) is 0 Å². The van der Waals surface area contributed by atoms with Crippen LogP contribution in [-0.4, -0.2) is 40.2 Å². The molecule has 120 valence electrons. The zero-order chi connectivity index (χ0) is 15.5. The minimum atomic E-state index is 0.250. The van der Waals surface area contributed by atoms with Crippen LogP contribution < -0.4 is 4.90 Å². The van der Waals surface area contributed by atoms with E-state index in [1.54, 1.807) is 0 Å². The highest BCUT2D eigenvalue weighted by Gasteiger charge is 2.37. The van der Waals surface area contributed by atoms with Crippen LogP contribution in [0.3, 0.4) is 0 Å². The van der Waals surface area contributed by atoms with E-state index in [0.717, 1.165) is 37.9 Å². The Hall–Kier alpha value is -2.01. The lowest BCUT2D eigenvalue weighted by Gasteiger charge is -2.28. The van der Waals surface area contributed by atoms with Gasteiger partial charge in [0.2, 0.25) is 5.95 Å². The lowest BCUT2D eigenvalue weighted by Crippen LogP contribution is -2.39. The monoisotopic (exact) mass is 310 g/mol. The number of nitrogens with zero attached hydrogens (tertiary/aromatic N) is 4. The van der Waals surface area contributed by atoms with Gasteiger partial charge in [-0.1, -0.05) is 6.07 Å². The first-order valence-electron chi connectivity index (χ1n) is 8.44. The summed E-state index contributed by atoms with van der Waals surface area (Å²) < 4.78 is 6.25. The van der Waals surface area contributed by atoms with Gasteiger partial charge in [0.1, 0.15) is 0 Å². The fourth-order valence-corrected chi connectivity index (χ4v) is 3.25. The third-order valence-electron chi connectivity index (χ3n) is 4.70. The van der Waals surface area contributed by atoms with Crippen LogP contribution in [0.15, 0.2) is 43.0 Å². The van der Waals surface area contributed by atoms with Gasteiger partial charge in [0.25, 0.3) is 0 Å². The van der Waals surface area contributed by atoms with Gasteiger partial charge in [-0.3, -0.25) is 4.98 Å². The normalized spacial score (nSPS) is 24.1. The summed E-state index contributed by atoms with van der Waals surface area (Å²) in [5.41, 5.74) is 1.24. The topological polar surface area (TPSA) is 51.1 Å². The van der Waals surface area contributed by atoms with E-state index < -0.39 is 0 Å². The van der Waals surface area contributed by atoms with Crippen LogP contribution in [0.4, 0.5) is 5.95 Å². The van der Waals surface area contributed by atoms with Crippen LogP contribution in [0.25, 0.3) is 0 Å². The van der Waals surface area contributed by atoms with E-state index in [1.807, 2.05) is 36.9 Å². The molecular formula is C18H22N4O. The maximum Gasteiger partial charge on any atom is 0.225 e. The molecular weight excluding hydrogens is 288 g/mol. The van der Waals surface area contributed by atoms with Crippen LogP contribution in [0.1, 0.15) is 24.8 Å². The predicted molar refractivity (Wildman–Crippen MR) is 88.2 cm³/mol. The standard InChI is InChI=1S/C18H22N4O/c1-3-15(12-19-7-1)11-16-17(23-13-14-4-5-14)6-10-22(16)18-20-8-2-9-21-18/h1-3,7-9,12,14,16-17H,4-6,10-11,13H2/t16-,17+/m1/s1. The van der Waals surface area contributed by atoms with Crippen molar-refractivity contribution in [1.82, 2.24) is 15.0 Å². The SMILES string of the molecule is c1cnc(N2CC[C@H](OCC3CC3)[C@H]2Cc2cccnc2)nc1. The number of aromatic nitrogens is 3. The second-order valence-electron chi connectivity index (χ2n) is 6.48. The van der Waals surface area contributed by atoms with E-state index >= 15 is 0 Å². The van der Waals surface area contributed by atoms with Crippen molar-refractivity contribution in [2.75, 3.05) is 18.1 Å². The Morgan fingerprint density at radius 3 is 2.70 bits per heavy atom. The fourth-order valence-electron chi connectivity index (χ4n) is 3.25. The Morgan fingerprint density at radius 2 is 1.96 bits per heavy atom. The quantitative estimate of drug-likeness (QED) is 0.820. The molecule has 0 N–H and O–H groups in total. The van der Waals surface area contributed by atoms with Crippen molar-refractivity contribution >= 4 is 5.95 Å². The van der Waals surface area contributed by atoms with Gasteiger partial charge in [-0.15, -0.1) is 0 Å². The smallest absolute Gasteiger partial charge is 0.225 e. The van der Waals surface area contributed by atoms with Gasteiger partial charge in [-0.2, -0.15) is 0 Å². The molecule has 0 amide bonds. The Kier molecular flexibility index (Phi) is 4.20. The molecule has 2 aromatic heterocycles. The first-order chi connectivity index (χ1) is 11.4. The van der Waals surface area contributed by atoms with Gasteiger partial charge < -0.3 is 9.64 Å². The first kappa shape index (κ1) is 14.6. The average molecular weight is 310 g/mol. The summed E-state index contributed by atoms with van der Waals surface area (Å²) in [4.78, 5) is 15.4. The van der Waals surface area contributed by atoms with Crippen LogP contribution in [0.2, 0.25) is 0 Å². The van der Waals surface area contributed by atoms with Gasteiger partial charge in [-0.25, -0.2) is 9.97 Å². The lowest BCUT2D eigenvalue weighted by atomic mass is 10.0. The molecule has 23 heavy (non-hydrogen) atoms. The zero-order valence-corrected chi connectivity index (χ0v) is 13.2. The molecule has 1 aliphatic heterocycles. The van der Waals surface area contributed by atoms with Crippen molar-refractivity contribution in [1.29, 1.82) is 0 Å². The molecule has 4 rings (SSSR count). The third-order valence-corrected chi connectivity index (χ3v) is 4.70. The van der Waals surface area contributed by atoms with Gasteiger partial charge >= 0.3 is 0 Å². The van der Waals surface area contributed by atoms with Crippen molar-refractivity contribution in [2.45, 2.75) is 37.8 Å². The van der Waals surface area contributed by atoms with Crippen LogP contribution in [0.5, 0.6) is 0 Å². The highest BCUT2D eigenvalue weighted by atomic mass is 16.5. The van der Waals surface area contributed by atoms with Crippen molar-refractivity contribution < 1.29 is 4.74 Å². The summed E-state index contributed by atoms with van der Waals surface area (Å²) in [5.74, 6) is 1.59. The summed E-state index contributed by atoms with van der Waals surface area (Å²) in [6.45, 7) is 1.85. The molecule has 2 atom stereocenters. The lowest BCUT2D eigenvalue weighted by molar-refractivity contribution is 0.0406.